The first-order chi connectivity index (χ1) is 19.2. The Morgan fingerprint density at radius 2 is 1.73 bits per heavy atom. The number of aromatic nitrogens is 2. The van der Waals surface area contributed by atoms with E-state index in [9.17, 15) is 40.3 Å². The van der Waals surface area contributed by atoms with Crippen LogP contribution < -0.4 is 5.32 Å². The lowest BCUT2D eigenvalue weighted by atomic mass is 9.91. The normalized spacial score (nSPS) is 17.8. The van der Waals surface area contributed by atoms with E-state index in [0.29, 0.717) is 23.3 Å². The van der Waals surface area contributed by atoms with Crippen LogP contribution in [-0.2, 0) is 23.5 Å². The van der Waals surface area contributed by atoms with Crippen molar-refractivity contribution in [1.29, 1.82) is 0 Å². The van der Waals surface area contributed by atoms with Crippen molar-refractivity contribution < 1.29 is 45.1 Å². The average Bonchev–Trinajstić information content (AvgIpc) is 3.43. The SMILES string of the molecule is Cc1cc(F)ccc1[C@H]1C[C@@H](OC(=O)n2ccnc2)CCN1C(=O)NCCc1cc(C(F)(F)F)cc(C(F)(F)F)c1. The lowest BCUT2D eigenvalue weighted by molar-refractivity contribution is -0.143. The van der Waals surface area contributed by atoms with Crippen molar-refractivity contribution in [2.75, 3.05) is 13.1 Å². The molecular weight excluding hydrogens is 561 g/mol. The molecule has 0 radical (unpaired) electrons. The van der Waals surface area contributed by atoms with Gasteiger partial charge in [-0.25, -0.2) is 23.5 Å². The van der Waals surface area contributed by atoms with Gasteiger partial charge in [0.25, 0.3) is 0 Å². The van der Waals surface area contributed by atoms with E-state index in [1.807, 2.05) is 0 Å². The molecule has 0 unspecified atom stereocenters. The quantitative estimate of drug-likeness (QED) is 0.346. The van der Waals surface area contributed by atoms with Crippen molar-refractivity contribution in [3.05, 3.63) is 88.8 Å². The molecule has 2 heterocycles. The number of halogens is 7. The van der Waals surface area contributed by atoms with Gasteiger partial charge >= 0.3 is 24.5 Å². The number of aryl methyl sites for hydroxylation is 1. The van der Waals surface area contributed by atoms with Crippen LogP contribution in [0.15, 0.2) is 55.1 Å². The van der Waals surface area contributed by atoms with Crippen LogP contribution in [0.4, 0.5) is 40.3 Å². The Balaban J connectivity index is 1.48. The molecule has 4 rings (SSSR count). The van der Waals surface area contributed by atoms with Gasteiger partial charge < -0.3 is 15.0 Å². The van der Waals surface area contributed by atoms with Gasteiger partial charge in [-0.1, -0.05) is 6.07 Å². The lowest BCUT2D eigenvalue weighted by Crippen LogP contribution is -2.48. The highest BCUT2D eigenvalue weighted by Crippen LogP contribution is 2.37. The van der Waals surface area contributed by atoms with E-state index in [4.69, 9.17) is 4.74 Å². The van der Waals surface area contributed by atoms with Crippen LogP contribution in [0.5, 0.6) is 0 Å². The average molecular weight is 587 g/mol. The molecule has 14 heteroatoms. The number of rotatable bonds is 5. The molecule has 1 N–H and O–H groups in total. The number of benzene rings is 2. The van der Waals surface area contributed by atoms with Crippen LogP contribution in [0.2, 0.25) is 0 Å². The smallest absolute Gasteiger partial charge is 0.419 e. The third kappa shape index (κ3) is 7.35. The molecule has 2 aromatic carbocycles. The number of likely N-dealkylation sites (tertiary alicyclic amines) is 1. The molecule has 3 aromatic rings. The lowest BCUT2D eigenvalue weighted by Gasteiger charge is -2.39. The van der Waals surface area contributed by atoms with Crippen molar-refractivity contribution in [2.45, 2.75) is 50.7 Å². The number of nitrogens with zero attached hydrogens (tertiary/aromatic N) is 3. The first kappa shape index (κ1) is 29.9. The number of ether oxygens (including phenoxy) is 1. The highest BCUT2D eigenvalue weighted by Gasteiger charge is 2.38. The molecule has 1 aliphatic heterocycles. The number of amides is 2. The topological polar surface area (TPSA) is 76.5 Å². The number of hydrogen-bond donors (Lipinski definition) is 1. The summed E-state index contributed by atoms with van der Waals surface area (Å²) in [5, 5.41) is 2.56. The first-order valence-corrected chi connectivity index (χ1v) is 12.5. The van der Waals surface area contributed by atoms with Crippen molar-refractivity contribution >= 4 is 12.1 Å². The summed E-state index contributed by atoms with van der Waals surface area (Å²) in [6, 6.07) is 4.03. The molecule has 1 saturated heterocycles. The van der Waals surface area contributed by atoms with E-state index < -0.39 is 53.6 Å². The summed E-state index contributed by atoms with van der Waals surface area (Å²) in [6.07, 6.45) is -7.01. The maximum atomic E-state index is 13.8. The Kier molecular flexibility index (Phi) is 8.59. The molecule has 220 valence electrons. The number of urea groups is 1. The second kappa shape index (κ2) is 11.8. The summed E-state index contributed by atoms with van der Waals surface area (Å²) in [7, 11) is 0. The number of carbonyl (C=O) groups is 2. The van der Waals surface area contributed by atoms with Crippen LogP contribution in [0.25, 0.3) is 0 Å². The Morgan fingerprint density at radius 1 is 1.05 bits per heavy atom. The van der Waals surface area contributed by atoms with E-state index in [-0.39, 0.29) is 44.0 Å². The van der Waals surface area contributed by atoms with Gasteiger partial charge in [0.05, 0.1) is 17.2 Å². The Hall–Kier alpha value is -4.10. The predicted octanol–water partition coefficient (Wildman–Crippen LogP) is 6.51. The summed E-state index contributed by atoms with van der Waals surface area (Å²) in [4.78, 5) is 30.8. The van der Waals surface area contributed by atoms with Gasteiger partial charge in [0.2, 0.25) is 0 Å². The minimum atomic E-state index is -4.98. The molecular formula is C27H25F7N4O3. The van der Waals surface area contributed by atoms with Gasteiger partial charge in [-0.2, -0.15) is 26.3 Å². The zero-order valence-electron chi connectivity index (χ0n) is 21.6. The standard InChI is InChI=1S/C27H25F7N4O3/c1-16-10-20(28)2-3-22(16)23-14-21(41-25(40)37-9-7-35-15-37)5-8-38(23)24(39)36-6-4-17-11-18(26(29,30)31)13-19(12-17)27(32,33)34/h2-3,7,9-13,15,21,23H,4-6,8,14H2,1H3,(H,36,39)/t21-,23+/m0/s1. The molecule has 7 nitrogen and oxygen atoms in total. The van der Waals surface area contributed by atoms with Gasteiger partial charge in [0.1, 0.15) is 18.2 Å². The van der Waals surface area contributed by atoms with Crippen LogP contribution in [-0.4, -0.2) is 45.8 Å². The molecule has 2 amide bonds. The minimum absolute atomic E-state index is 0.0431. The third-order valence-corrected chi connectivity index (χ3v) is 6.73. The zero-order chi connectivity index (χ0) is 29.9. The number of hydrogen-bond acceptors (Lipinski definition) is 4. The predicted molar refractivity (Wildman–Crippen MR) is 131 cm³/mol. The Bertz CT molecular complexity index is 1360. The van der Waals surface area contributed by atoms with Gasteiger partial charge in [-0.3, -0.25) is 0 Å². The van der Waals surface area contributed by atoms with Crippen LogP contribution in [0, 0.1) is 12.7 Å². The molecule has 41 heavy (non-hydrogen) atoms. The van der Waals surface area contributed by atoms with Crippen LogP contribution in [0.1, 0.15) is 46.7 Å². The molecule has 0 spiro atoms. The van der Waals surface area contributed by atoms with Crippen molar-refractivity contribution in [1.82, 2.24) is 19.8 Å². The maximum absolute atomic E-state index is 13.8. The summed E-state index contributed by atoms with van der Waals surface area (Å²) in [5.74, 6) is -0.486. The Labute approximate surface area is 229 Å². The van der Waals surface area contributed by atoms with E-state index in [1.165, 1.54) is 41.8 Å². The van der Waals surface area contributed by atoms with Gasteiger partial charge in [-0.05, 0) is 60.4 Å². The van der Waals surface area contributed by atoms with E-state index in [2.05, 4.69) is 10.3 Å². The highest BCUT2D eigenvalue weighted by molar-refractivity contribution is 5.75. The molecule has 0 aliphatic carbocycles. The second-order valence-electron chi connectivity index (χ2n) is 9.61. The fourth-order valence-electron chi connectivity index (χ4n) is 4.74. The van der Waals surface area contributed by atoms with Gasteiger partial charge in [-0.15, -0.1) is 0 Å². The van der Waals surface area contributed by atoms with E-state index in [1.54, 1.807) is 6.92 Å². The van der Waals surface area contributed by atoms with Crippen molar-refractivity contribution in [3.63, 3.8) is 0 Å². The monoisotopic (exact) mass is 586 g/mol. The number of imidazole rings is 1. The molecule has 1 aromatic heterocycles. The summed E-state index contributed by atoms with van der Waals surface area (Å²) in [5.41, 5.74) is -1.99. The molecule has 0 saturated carbocycles. The van der Waals surface area contributed by atoms with Crippen LogP contribution >= 0.6 is 0 Å². The maximum Gasteiger partial charge on any atom is 0.419 e. The van der Waals surface area contributed by atoms with Gasteiger partial charge in [0, 0.05) is 38.3 Å². The molecule has 0 bridgehead atoms. The van der Waals surface area contributed by atoms with E-state index in [0.717, 1.165) is 4.57 Å². The van der Waals surface area contributed by atoms with Crippen molar-refractivity contribution in [3.8, 4) is 0 Å². The largest absolute Gasteiger partial charge is 0.445 e. The highest BCUT2D eigenvalue weighted by atomic mass is 19.4. The third-order valence-electron chi connectivity index (χ3n) is 6.73. The minimum Gasteiger partial charge on any atom is -0.445 e. The number of piperidine rings is 1. The summed E-state index contributed by atoms with van der Waals surface area (Å²) < 4.78 is 99.6. The summed E-state index contributed by atoms with van der Waals surface area (Å²) >= 11 is 0. The molecule has 1 fully saturated rings. The first-order valence-electron chi connectivity index (χ1n) is 12.5. The number of alkyl halides is 6. The Morgan fingerprint density at radius 3 is 2.32 bits per heavy atom. The van der Waals surface area contributed by atoms with Crippen molar-refractivity contribution in [2.24, 2.45) is 0 Å². The fourth-order valence-corrected chi connectivity index (χ4v) is 4.74. The second-order valence-corrected chi connectivity index (χ2v) is 9.61. The van der Waals surface area contributed by atoms with Gasteiger partial charge in [0.15, 0.2) is 0 Å². The summed E-state index contributed by atoms with van der Waals surface area (Å²) in [6.45, 7) is 1.51. The number of carbonyl (C=O) groups excluding carboxylic acids is 2. The molecule has 1 aliphatic rings. The molecule has 2 atom stereocenters. The van der Waals surface area contributed by atoms with E-state index >= 15 is 0 Å². The fraction of sp³-hybridized carbons (Fsp3) is 0.370. The zero-order valence-corrected chi connectivity index (χ0v) is 21.6. The number of nitrogens with one attached hydrogen (secondary N) is 1. The van der Waals surface area contributed by atoms with Crippen LogP contribution in [0.3, 0.4) is 0 Å².